The second kappa shape index (κ2) is 6.80. The highest BCUT2D eigenvalue weighted by Gasteiger charge is 2.22. The first-order valence-corrected chi connectivity index (χ1v) is 9.39. The van der Waals surface area contributed by atoms with Gasteiger partial charge in [-0.1, -0.05) is 6.07 Å². The summed E-state index contributed by atoms with van der Waals surface area (Å²) in [5, 5.41) is 20.2. The van der Waals surface area contributed by atoms with Crippen LogP contribution in [0.3, 0.4) is 0 Å². The highest BCUT2D eigenvalue weighted by Crippen LogP contribution is 2.27. The second-order valence-corrected chi connectivity index (χ2v) is 7.68. The molecule has 0 amide bonds. The Morgan fingerprint density at radius 2 is 1.89 bits per heavy atom. The number of sulfonamides is 1. The third-order valence-corrected chi connectivity index (χ3v) is 5.79. The third-order valence-electron chi connectivity index (χ3n) is 4.30. The van der Waals surface area contributed by atoms with Gasteiger partial charge in [0, 0.05) is 0 Å². The first-order chi connectivity index (χ1) is 12.7. The maximum Gasteiger partial charge on any atom is 0.335 e. The molecular weight excluding hydrogens is 370 g/mol. The number of hydrogen-bond acceptors (Lipinski definition) is 6. The molecule has 0 bridgehead atoms. The van der Waals surface area contributed by atoms with Crippen LogP contribution in [0.1, 0.15) is 27.0 Å². The standard InChI is InChI=1S/C17H17N5O4S/c1-10-7-13(17(23)24)8-16(11(10)2)27(25,26)19-14-5-4-6-15(12(14)3)22-9-18-20-21-22/h4-9,19H,1-3H3,(H,23,24). The van der Waals surface area contributed by atoms with Gasteiger partial charge < -0.3 is 5.11 Å². The molecule has 0 spiro atoms. The van der Waals surface area contributed by atoms with Gasteiger partial charge in [-0.3, -0.25) is 4.72 Å². The van der Waals surface area contributed by atoms with Crippen molar-refractivity contribution < 1.29 is 18.3 Å². The minimum Gasteiger partial charge on any atom is -0.478 e. The van der Waals surface area contributed by atoms with Gasteiger partial charge in [-0.05, 0) is 72.2 Å². The minimum atomic E-state index is -4.00. The number of carboxylic acid groups (broad SMARTS) is 1. The number of rotatable bonds is 5. The lowest BCUT2D eigenvalue weighted by atomic mass is 10.1. The Kier molecular flexibility index (Phi) is 4.66. The molecule has 140 valence electrons. The van der Waals surface area contributed by atoms with E-state index in [-0.39, 0.29) is 10.5 Å². The Morgan fingerprint density at radius 1 is 1.15 bits per heavy atom. The molecule has 3 aromatic rings. The number of hydrogen-bond donors (Lipinski definition) is 2. The van der Waals surface area contributed by atoms with Crippen molar-refractivity contribution in [3.63, 3.8) is 0 Å². The summed E-state index contributed by atoms with van der Waals surface area (Å²) in [5.41, 5.74) is 2.57. The molecule has 0 radical (unpaired) electrons. The summed E-state index contributed by atoms with van der Waals surface area (Å²) in [6, 6.07) is 7.65. The molecule has 1 heterocycles. The lowest BCUT2D eigenvalue weighted by molar-refractivity contribution is 0.0696. The first kappa shape index (κ1) is 18.5. The Hall–Kier alpha value is -3.27. The third kappa shape index (κ3) is 3.51. The van der Waals surface area contributed by atoms with E-state index in [4.69, 9.17) is 0 Å². The van der Waals surface area contributed by atoms with Crippen molar-refractivity contribution in [2.75, 3.05) is 4.72 Å². The molecule has 27 heavy (non-hydrogen) atoms. The summed E-state index contributed by atoms with van der Waals surface area (Å²) < 4.78 is 29.9. The van der Waals surface area contributed by atoms with Crippen molar-refractivity contribution in [2.45, 2.75) is 25.7 Å². The summed E-state index contributed by atoms with van der Waals surface area (Å²) in [4.78, 5) is 11.2. The van der Waals surface area contributed by atoms with E-state index >= 15 is 0 Å². The topological polar surface area (TPSA) is 127 Å². The van der Waals surface area contributed by atoms with E-state index in [0.29, 0.717) is 28.1 Å². The fourth-order valence-corrected chi connectivity index (χ4v) is 4.15. The average molecular weight is 387 g/mol. The van der Waals surface area contributed by atoms with Crippen LogP contribution in [0.2, 0.25) is 0 Å². The average Bonchev–Trinajstić information content (AvgIpc) is 3.12. The molecule has 3 rings (SSSR count). The number of tetrazole rings is 1. The number of nitrogens with zero attached hydrogens (tertiary/aromatic N) is 4. The quantitative estimate of drug-likeness (QED) is 0.686. The summed E-state index contributed by atoms with van der Waals surface area (Å²) >= 11 is 0. The van der Waals surface area contributed by atoms with Gasteiger partial charge in [0.15, 0.2) is 0 Å². The normalized spacial score (nSPS) is 11.4. The number of carboxylic acids is 1. The zero-order valence-corrected chi connectivity index (χ0v) is 15.6. The van der Waals surface area contributed by atoms with E-state index in [0.717, 1.165) is 6.07 Å². The molecule has 0 unspecified atom stereocenters. The van der Waals surface area contributed by atoms with Gasteiger partial charge in [-0.2, -0.15) is 0 Å². The molecule has 0 saturated carbocycles. The fraction of sp³-hybridized carbons (Fsp3) is 0.176. The van der Waals surface area contributed by atoms with E-state index in [2.05, 4.69) is 20.2 Å². The van der Waals surface area contributed by atoms with Crippen LogP contribution in [0.5, 0.6) is 0 Å². The van der Waals surface area contributed by atoms with Crippen LogP contribution < -0.4 is 4.72 Å². The number of nitrogens with one attached hydrogen (secondary N) is 1. The molecule has 0 saturated heterocycles. The number of anilines is 1. The number of aromatic nitrogens is 4. The summed E-state index contributed by atoms with van der Waals surface area (Å²) in [7, 11) is -4.00. The van der Waals surface area contributed by atoms with E-state index in [1.54, 1.807) is 39.0 Å². The van der Waals surface area contributed by atoms with Crippen LogP contribution in [0.15, 0.2) is 41.6 Å². The first-order valence-electron chi connectivity index (χ1n) is 7.91. The number of aromatic carboxylic acids is 1. The molecule has 0 fully saturated rings. The summed E-state index contributed by atoms with van der Waals surface area (Å²) in [6.45, 7) is 5.05. The van der Waals surface area contributed by atoms with Crippen molar-refractivity contribution in [3.8, 4) is 5.69 Å². The van der Waals surface area contributed by atoms with Crippen molar-refractivity contribution >= 4 is 21.7 Å². The molecule has 9 nitrogen and oxygen atoms in total. The lowest BCUT2D eigenvalue weighted by Gasteiger charge is -2.16. The molecule has 10 heteroatoms. The summed E-state index contributed by atoms with van der Waals surface area (Å²) in [5.74, 6) is -1.19. The SMILES string of the molecule is Cc1cc(C(=O)O)cc(S(=O)(=O)Nc2cccc(-n3cnnn3)c2C)c1C. The fourth-order valence-electron chi connectivity index (χ4n) is 2.68. The van der Waals surface area contributed by atoms with Gasteiger partial charge in [-0.15, -0.1) is 5.10 Å². The van der Waals surface area contributed by atoms with Crippen LogP contribution in [-0.4, -0.2) is 39.7 Å². The molecule has 2 aromatic carbocycles. The van der Waals surface area contributed by atoms with Gasteiger partial charge >= 0.3 is 5.97 Å². The zero-order valence-electron chi connectivity index (χ0n) is 14.8. The van der Waals surface area contributed by atoms with E-state index in [1.165, 1.54) is 17.1 Å². The van der Waals surface area contributed by atoms with E-state index in [9.17, 15) is 18.3 Å². The second-order valence-electron chi connectivity index (χ2n) is 6.03. The maximum atomic E-state index is 12.9. The predicted octanol–water partition coefficient (Wildman–Crippen LogP) is 2.09. The van der Waals surface area contributed by atoms with E-state index < -0.39 is 16.0 Å². The Labute approximate surface area is 155 Å². The van der Waals surface area contributed by atoms with Gasteiger partial charge in [0.05, 0.1) is 21.8 Å². The van der Waals surface area contributed by atoms with Crippen molar-refractivity contribution in [3.05, 3.63) is 58.9 Å². The molecule has 0 aliphatic rings. The number of carbonyl (C=O) groups is 1. The van der Waals surface area contributed by atoms with Gasteiger partial charge in [0.1, 0.15) is 6.33 Å². The van der Waals surface area contributed by atoms with Crippen molar-refractivity contribution in [1.82, 2.24) is 20.2 Å². The largest absolute Gasteiger partial charge is 0.478 e. The number of aryl methyl sites for hydroxylation is 1. The molecule has 2 N–H and O–H groups in total. The van der Waals surface area contributed by atoms with Crippen LogP contribution in [0.4, 0.5) is 5.69 Å². The predicted molar refractivity (Wildman–Crippen MR) is 97.6 cm³/mol. The molecule has 1 aromatic heterocycles. The summed E-state index contributed by atoms with van der Waals surface area (Å²) in [6.07, 6.45) is 1.41. The Morgan fingerprint density at radius 3 is 2.52 bits per heavy atom. The molecular formula is C17H17N5O4S. The lowest BCUT2D eigenvalue weighted by Crippen LogP contribution is -2.17. The van der Waals surface area contributed by atoms with Gasteiger partial charge in [-0.25, -0.2) is 17.9 Å². The molecule has 0 aliphatic heterocycles. The van der Waals surface area contributed by atoms with Crippen LogP contribution in [0.25, 0.3) is 5.69 Å². The number of benzene rings is 2. The molecule has 0 atom stereocenters. The molecule has 0 aliphatic carbocycles. The maximum absolute atomic E-state index is 12.9. The Balaban J connectivity index is 2.06. The van der Waals surface area contributed by atoms with E-state index in [1.807, 2.05) is 0 Å². The Bertz CT molecular complexity index is 1120. The smallest absolute Gasteiger partial charge is 0.335 e. The van der Waals surface area contributed by atoms with Crippen molar-refractivity contribution in [2.24, 2.45) is 0 Å². The van der Waals surface area contributed by atoms with Crippen LogP contribution in [0, 0.1) is 20.8 Å². The minimum absolute atomic E-state index is 0.0767. The van der Waals surface area contributed by atoms with Crippen LogP contribution >= 0.6 is 0 Å². The van der Waals surface area contributed by atoms with Gasteiger partial charge in [0.2, 0.25) is 0 Å². The monoisotopic (exact) mass is 387 g/mol. The van der Waals surface area contributed by atoms with Crippen molar-refractivity contribution in [1.29, 1.82) is 0 Å². The van der Waals surface area contributed by atoms with Crippen LogP contribution in [-0.2, 0) is 10.0 Å². The van der Waals surface area contributed by atoms with Gasteiger partial charge in [0.25, 0.3) is 10.0 Å². The zero-order chi connectivity index (χ0) is 19.8. The highest BCUT2D eigenvalue weighted by molar-refractivity contribution is 7.92. The highest BCUT2D eigenvalue weighted by atomic mass is 32.2.